The maximum absolute atomic E-state index is 9.96. The lowest BCUT2D eigenvalue weighted by atomic mass is 9.98. The molecule has 0 spiro atoms. The molecule has 11 heteroatoms. The predicted octanol–water partition coefficient (Wildman–Crippen LogP) is -4.09. The van der Waals surface area contributed by atoms with Gasteiger partial charge in [0.25, 0.3) is 0 Å². The summed E-state index contributed by atoms with van der Waals surface area (Å²) in [6, 6.07) is 0. The molecule has 4 unspecified atom stereocenters. The molecule has 0 aromatic heterocycles. The molecule has 2 saturated heterocycles. The van der Waals surface area contributed by atoms with Gasteiger partial charge in [0.15, 0.2) is 12.6 Å². The van der Waals surface area contributed by atoms with Gasteiger partial charge in [-0.2, -0.15) is 0 Å². The van der Waals surface area contributed by atoms with Crippen molar-refractivity contribution in [2.45, 2.75) is 61.4 Å². The summed E-state index contributed by atoms with van der Waals surface area (Å²) in [6.07, 6.45) is -13.3. The summed E-state index contributed by atoms with van der Waals surface area (Å²) in [5.41, 5.74) is 0. The Morgan fingerprint density at radius 2 is 1.12 bits per heavy atom. The molecule has 2 heterocycles. The van der Waals surface area contributed by atoms with Crippen LogP contribution in [0.5, 0.6) is 0 Å². The van der Waals surface area contributed by atoms with Crippen LogP contribution in [0.25, 0.3) is 0 Å². The van der Waals surface area contributed by atoms with Crippen LogP contribution in [-0.2, 0) is 23.7 Å². The van der Waals surface area contributed by atoms with Crippen LogP contribution in [-0.4, -0.2) is 119 Å². The van der Waals surface area contributed by atoms with Crippen molar-refractivity contribution < 1.29 is 54.3 Å². The SMILES string of the molecule is COCC1O[C@@H](OCC2O[C@@H](OC)C(O)[C@@H](O)[C@@H]2O)C(O)[C@@H](O)[C@@H]1O. The zero-order valence-electron chi connectivity index (χ0n) is 13.9. The van der Waals surface area contributed by atoms with Crippen molar-refractivity contribution in [3.8, 4) is 0 Å². The van der Waals surface area contributed by atoms with Gasteiger partial charge in [-0.25, -0.2) is 0 Å². The van der Waals surface area contributed by atoms with Gasteiger partial charge < -0.3 is 54.3 Å². The average Bonchev–Trinajstić information content (AvgIpc) is 2.60. The quantitative estimate of drug-likeness (QED) is 0.269. The first-order chi connectivity index (χ1) is 11.8. The Morgan fingerprint density at radius 1 is 0.640 bits per heavy atom. The minimum absolute atomic E-state index is 0.0377. The molecular weight excluding hydrogens is 344 g/mol. The maximum Gasteiger partial charge on any atom is 0.186 e. The van der Waals surface area contributed by atoms with Crippen LogP contribution >= 0.6 is 0 Å². The lowest BCUT2D eigenvalue weighted by Gasteiger charge is -2.42. The van der Waals surface area contributed by atoms with Gasteiger partial charge in [0.2, 0.25) is 0 Å². The zero-order valence-corrected chi connectivity index (χ0v) is 13.9. The highest BCUT2D eigenvalue weighted by Gasteiger charge is 2.47. The van der Waals surface area contributed by atoms with E-state index in [4.69, 9.17) is 23.7 Å². The normalized spacial score (nSPS) is 48.5. The van der Waals surface area contributed by atoms with E-state index in [2.05, 4.69) is 0 Å². The van der Waals surface area contributed by atoms with Crippen LogP contribution in [0.3, 0.4) is 0 Å². The molecule has 0 aliphatic carbocycles. The molecule has 6 N–H and O–H groups in total. The van der Waals surface area contributed by atoms with Gasteiger partial charge in [0, 0.05) is 14.2 Å². The summed E-state index contributed by atoms with van der Waals surface area (Å²) in [5.74, 6) is 0. The first kappa shape index (κ1) is 20.9. The number of aliphatic hydroxyl groups is 6. The van der Waals surface area contributed by atoms with Crippen LogP contribution in [0.2, 0.25) is 0 Å². The standard InChI is InChI=1S/C14H26O11/c1-21-3-5-7(15)10(18)12(20)14(25-5)23-4-6-8(16)9(17)11(19)13(22-2)24-6/h5-20H,3-4H2,1-2H3/t5?,6?,7-,8-,9+,10+,11?,12?,13-,14-/m1/s1. The molecular formula is C14H26O11. The van der Waals surface area contributed by atoms with Gasteiger partial charge >= 0.3 is 0 Å². The molecule has 2 rings (SSSR count). The lowest BCUT2D eigenvalue weighted by molar-refractivity contribution is -0.328. The number of hydrogen-bond donors (Lipinski definition) is 6. The van der Waals surface area contributed by atoms with Gasteiger partial charge in [-0.3, -0.25) is 0 Å². The van der Waals surface area contributed by atoms with E-state index in [-0.39, 0.29) is 13.2 Å². The number of methoxy groups -OCH3 is 2. The second-order valence-corrected chi connectivity index (χ2v) is 6.05. The molecule has 2 aliphatic heterocycles. The molecule has 25 heavy (non-hydrogen) atoms. The molecule has 11 nitrogen and oxygen atoms in total. The smallest absolute Gasteiger partial charge is 0.186 e. The summed E-state index contributed by atoms with van der Waals surface area (Å²) in [7, 11) is 2.64. The Bertz CT molecular complexity index is 408. The summed E-state index contributed by atoms with van der Waals surface area (Å²) in [5, 5.41) is 59.1. The number of hydrogen-bond acceptors (Lipinski definition) is 11. The largest absolute Gasteiger partial charge is 0.387 e. The third-order valence-corrected chi connectivity index (χ3v) is 4.33. The van der Waals surface area contributed by atoms with E-state index < -0.39 is 61.4 Å². The topological polar surface area (TPSA) is 168 Å². The fraction of sp³-hybridized carbons (Fsp3) is 1.00. The van der Waals surface area contributed by atoms with Gasteiger partial charge in [-0.1, -0.05) is 0 Å². The van der Waals surface area contributed by atoms with Crippen molar-refractivity contribution >= 4 is 0 Å². The molecule has 0 aromatic carbocycles. The Labute approximate surface area is 144 Å². The van der Waals surface area contributed by atoms with E-state index in [1.165, 1.54) is 14.2 Å². The van der Waals surface area contributed by atoms with Crippen molar-refractivity contribution in [1.82, 2.24) is 0 Å². The number of rotatable bonds is 6. The average molecular weight is 370 g/mol. The summed E-state index contributed by atoms with van der Waals surface area (Å²) in [6.45, 7) is -0.376. The highest BCUT2D eigenvalue weighted by atomic mass is 16.7. The second kappa shape index (κ2) is 8.97. The third kappa shape index (κ3) is 4.46. The molecule has 2 aliphatic rings. The predicted molar refractivity (Wildman–Crippen MR) is 78.2 cm³/mol. The van der Waals surface area contributed by atoms with Crippen molar-refractivity contribution in [3.63, 3.8) is 0 Å². The molecule has 0 bridgehead atoms. The van der Waals surface area contributed by atoms with E-state index >= 15 is 0 Å². The Morgan fingerprint density at radius 3 is 1.64 bits per heavy atom. The molecule has 0 radical (unpaired) electrons. The number of ether oxygens (including phenoxy) is 5. The molecule has 2 fully saturated rings. The molecule has 148 valence electrons. The monoisotopic (exact) mass is 370 g/mol. The van der Waals surface area contributed by atoms with Gasteiger partial charge in [-0.05, 0) is 0 Å². The number of aliphatic hydroxyl groups excluding tert-OH is 6. The molecule has 0 saturated carbocycles. The summed E-state index contributed by atoms with van der Waals surface area (Å²) in [4.78, 5) is 0. The minimum Gasteiger partial charge on any atom is -0.387 e. The van der Waals surface area contributed by atoms with Gasteiger partial charge in [0.1, 0.15) is 48.8 Å². The van der Waals surface area contributed by atoms with E-state index in [0.29, 0.717) is 0 Å². The van der Waals surface area contributed by atoms with Gasteiger partial charge in [0.05, 0.1) is 13.2 Å². The maximum atomic E-state index is 9.96. The Hall–Kier alpha value is -0.440. The van der Waals surface area contributed by atoms with E-state index in [0.717, 1.165) is 0 Å². The van der Waals surface area contributed by atoms with E-state index in [1.807, 2.05) is 0 Å². The molecule has 0 aromatic rings. The third-order valence-electron chi connectivity index (χ3n) is 4.33. The fourth-order valence-corrected chi connectivity index (χ4v) is 2.79. The summed E-state index contributed by atoms with van der Waals surface area (Å²) >= 11 is 0. The van der Waals surface area contributed by atoms with Crippen LogP contribution in [0.1, 0.15) is 0 Å². The zero-order chi connectivity index (χ0) is 18.7. The lowest BCUT2D eigenvalue weighted by Crippen LogP contribution is -2.61. The van der Waals surface area contributed by atoms with Crippen molar-refractivity contribution in [3.05, 3.63) is 0 Å². The minimum atomic E-state index is -1.54. The van der Waals surface area contributed by atoms with Crippen molar-refractivity contribution in [2.24, 2.45) is 0 Å². The van der Waals surface area contributed by atoms with Crippen molar-refractivity contribution in [1.29, 1.82) is 0 Å². The summed E-state index contributed by atoms with van der Waals surface area (Å²) < 4.78 is 25.8. The highest BCUT2D eigenvalue weighted by molar-refractivity contribution is 4.91. The van der Waals surface area contributed by atoms with Gasteiger partial charge in [-0.15, -0.1) is 0 Å². The molecule has 0 amide bonds. The highest BCUT2D eigenvalue weighted by Crippen LogP contribution is 2.25. The van der Waals surface area contributed by atoms with E-state index in [1.54, 1.807) is 0 Å². The first-order valence-electron chi connectivity index (χ1n) is 7.84. The second-order valence-electron chi connectivity index (χ2n) is 6.05. The van der Waals surface area contributed by atoms with Crippen LogP contribution in [0.4, 0.5) is 0 Å². The van der Waals surface area contributed by atoms with Crippen molar-refractivity contribution in [2.75, 3.05) is 27.4 Å². The Balaban J connectivity index is 1.96. The van der Waals surface area contributed by atoms with Crippen LogP contribution in [0.15, 0.2) is 0 Å². The fourth-order valence-electron chi connectivity index (χ4n) is 2.79. The Kier molecular flexibility index (Phi) is 7.49. The van der Waals surface area contributed by atoms with E-state index in [9.17, 15) is 30.6 Å². The van der Waals surface area contributed by atoms with Crippen LogP contribution < -0.4 is 0 Å². The first-order valence-corrected chi connectivity index (χ1v) is 7.84. The molecule has 10 atom stereocenters. The van der Waals surface area contributed by atoms with Crippen LogP contribution in [0, 0.1) is 0 Å².